The summed E-state index contributed by atoms with van der Waals surface area (Å²) >= 11 is 0. The Bertz CT molecular complexity index is 742. The number of carbonyl (C=O) groups excluding carboxylic acids is 2. The maximum Gasteiger partial charge on any atom is 0.269 e. The van der Waals surface area contributed by atoms with Gasteiger partial charge < -0.3 is 5.32 Å². The van der Waals surface area contributed by atoms with Gasteiger partial charge in [0.1, 0.15) is 5.69 Å². The first-order valence-corrected chi connectivity index (χ1v) is 8.98. The summed E-state index contributed by atoms with van der Waals surface area (Å²) in [5.41, 5.74) is 2.37. The molecule has 2 heterocycles. The molecular weight excluding hydrogens is 326 g/mol. The summed E-state index contributed by atoms with van der Waals surface area (Å²) in [5, 5.41) is 2.86. The molecule has 0 atom stereocenters. The number of ketones is 1. The van der Waals surface area contributed by atoms with Crippen molar-refractivity contribution >= 4 is 17.8 Å². The number of rotatable bonds is 10. The highest BCUT2D eigenvalue weighted by Crippen LogP contribution is 2.07. The van der Waals surface area contributed by atoms with Crippen LogP contribution in [-0.4, -0.2) is 28.2 Å². The van der Waals surface area contributed by atoms with Crippen molar-refractivity contribution in [1.29, 1.82) is 0 Å². The molecule has 0 aliphatic carbocycles. The summed E-state index contributed by atoms with van der Waals surface area (Å²) in [4.78, 5) is 31.8. The molecule has 5 heteroatoms. The molecule has 0 fully saturated rings. The minimum atomic E-state index is -0.141. The van der Waals surface area contributed by atoms with Gasteiger partial charge in [-0.25, -0.2) is 0 Å². The van der Waals surface area contributed by atoms with Gasteiger partial charge in [0, 0.05) is 31.1 Å². The molecule has 1 amide bonds. The highest BCUT2D eigenvalue weighted by molar-refractivity contribution is 5.93. The van der Waals surface area contributed by atoms with Gasteiger partial charge in [-0.3, -0.25) is 19.6 Å². The molecule has 0 saturated heterocycles. The van der Waals surface area contributed by atoms with Crippen molar-refractivity contribution in [3.63, 3.8) is 0 Å². The molecule has 0 aliphatic rings. The zero-order chi connectivity index (χ0) is 18.6. The normalized spacial score (nSPS) is 10.8. The summed E-state index contributed by atoms with van der Waals surface area (Å²) in [6.07, 6.45) is 11.1. The average Bonchev–Trinajstić information content (AvgIpc) is 2.66. The summed E-state index contributed by atoms with van der Waals surface area (Å²) in [6, 6.07) is 9.11. The van der Waals surface area contributed by atoms with Gasteiger partial charge in [-0.2, -0.15) is 0 Å². The number of aromatic nitrogens is 2. The van der Waals surface area contributed by atoms with Gasteiger partial charge in [0.25, 0.3) is 5.91 Å². The number of unbranched alkanes of at least 4 members (excludes halogenated alkanes) is 3. The third-order valence-electron chi connectivity index (χ3n) is 3.92. The number of nitrogens with zero attached hydrogens (tertiary/aromatic N) is 2. The van der Waals surface area contributed by atoms with E-state index in [2.05, 4.69) is 15.3 Å². The number of aryl methyl sites for hydroxylation is 1. The SMILES string of the molecule is Cc1cc(C=CC(=O)CCCCCCNC(=O)c2ccccn2)ccn1. The van der Waals surface area contributed by atoms with Crippen LogP contribution < -0.4 is 5.32 Å². The average molecular weight is 351 g/mol. The van der Waals surface area contributed by atoms with Crippen molar-refractivity contribution in [3.05, 3.63) is 65.8 Å². The number of pyridine rings is 2. The van der Waals surface area contributed by atoms with E-state index in [9.17, 15) is 9.59 Å². The maximum absolute atomic E-state index is 11.9. The van der Waals surface area contributed by atoms with Crippen molar-refractivity contribution in [2.24, 2.45) is 0 Å². The topological polar surface area (TPSA) is 72.0 Å². The first-order valence-electron chi connectivity index (χ1n) is 8.98. The lowest BCUT2D eigenvalue weighted by molar-refractivity contribution is -0.114. The van der Waals surface area contributed by atoms with Crippen LogP contribution in [0, 0.1) is 6.92 Å². The maximum atomic E-state index is 11.9. The summed E-state index contributed by atoms with van der Waals surface area (Å²) in [5.74, 6) is 0.000170. The molecule has 0 aromatic carbocycles. The van der Waals surface area contributed by atoms with Gasteiger partial charge in [0.05, 0.1) is 0 Å². The molecular formula is C21H25N3O2. The quantitative estimate of drug-likeness (QED) is 0.523. The Morgan fingerprint density at radius 3 is 2.65 bits per heavy atom. The van der Waals surface area contributed by atoms with E-state index in [1.807, 2.05) is 25.1 Å². The monoisotopic (exact) mass is 351 g/mol. The minimum absolute atomic E-state index is 0.141. The van der Waals surface area contributed by atoms with Crippen LogP contribution in [0.5, 0.6) is 0 Å². The van der Waals surface area contributed by atoms with Gasteiger partial charge >= 0.3 is 0 Å². The van der Waals surface area contributed by atoms with Crippen LogP contribution in [0.3, 0.4) is 0 Å². The standard InChI is InChI=1S/C21H25N3O2/c1-17-16-18(12-15-22-17)10-11-19(25)8-4-2-3-6-14-24-21(26)20-9-5-7-13-23-20/h5,7,9-13,15-16H,2-4,6,8,14H2,1H3,(H,24,26). The van der Waals surface area contributed by atoms with Crippen LogP contribution in [0.2, 0.25) is 0 Å². The predicted octanol–water partition coefficient (Wildman–Crippen LogP) is 3.75. The highest BCUT2D eigenvalue weighted by Gasteiger charge is 2.04. The molecule has 0 bridgehead atoms. The van der Waals surface area contributed by atoms with Gasteiger partial charge in [0.2, 0.25) is 0 Å². The zero-order valence-corrected chi connectivity index (χ0v) is 15.1. The number of carbonyl (C=O) groups is 2. The predicted molar refractivity (Wildman–Crippen MR) is 103 cm³/mol. The summed E-state index contributed by atoms with van der Waals surface area (Å²) in [7, 11) is 0. The molecule has 2 aromatic rings. The number of hydrogen-bond acceptors (Lipinski definition) is 4. The largest absolute Gasteiger partial charge is 0.351 e. The third kappa shape index (κ3) is 7.38. The Hall–Kier alpha value is -2.82. The molecule has 0 saturated carbocycles. The number of nitrogens with one attached hydrogen (secondary N) is 1. The van der Waals surface area contributed by atoms with E-state index >= 15 is 0 Å². The van der Waals surface area contributed by atoms with Crippen LogP contribution in [0.15, 0.2) is 48.8 Å². The zero-order valence-electron chi connectivity index (χ0n) is 15.1. The van der Waals surface area contributed by atoms with Crippen molar-refractivity contribution in [3.8, 4) is 0 Å². The molecule has 0 aliphatic heterocycles. The number of amides is 1. The van der Waals surface area contributed by atoms with Crippen LogP contribution in [0.25, 0.3) is 6.08 Å². The lowest BCUT2D eigenvalue weighted by atomic mass is 10.1. The fraction of sp³-hybridized carbons (Fsp3) is 0.333. The third-order valence-corrected chi connectivity index (χ3v) is 3.92. The second kappa shape index (κ2) is 10.9. The second-order valence-corrected chi connectivity index (χ2v) is 6.17. The van der Waals surface area contributed by atoms with Gasteiger partial charge in [-0.1, -0.05) is 25.0 Å². The molecule has 0 unspecified atom stereocenters. The van der Waals surface area contributed by atoms with Gasteiger partial charge in [-0.05, 0) is 55.7 Å². The van der Waals surface area contributed by atoms with Crippen LogP contribution in [0.4, 0.5) is 0 Å². The Balaban J connectivity index is 1.53. The van der Waals surface area contributed by atoms with E-state index in [0.717, 1.165) is 36.9 Å². The van der Waals surface area contributed by atoms with E-state index in [0.29, 0.717) is 18.7 Å². The molecule has 0 radical (unpaired) electrons. The Kier molecular flexibility index (Phi) is 8.19. The van der Waals surface area contributed by atoms with E-state index < -0.39 is 0 Å². The molecule has 1 N–H and O–H groups in total. The first kappa shape index (κ1) is 19.5. The Morgan fingerprint density at radius 1 is 1.04 bits per heavy atom. The van der Waals surface area contributed by atoms with Crippen molar-refractivity contribution in [1.82, 2.24) is 15.3 Å². The fourth-order valence-corrected chi connectivity index (χ4v) is 2.51. The number of allylic oxidation sites excluding steroid dienone is 1. The van der Waals surface area contributed by atoms with Crippen molar-refractivity contribution < 1.29 is 9.59 Å². The van der Waals surface area contributed by atoms with Crippen molar-refractivity contribution in [2.45, 2.75) is 39.0 Å². The Morgan fingerprint density at radius 2 is 1.88 bits per heavy atom. The van der Waals surface area contributed by atoms with E-state index in [1.54, 1.807) is 36.7 Å². The Labute approximate surface area is 154 Å². The molecule has 26 heavy (non-hydrogen) atoms. The highest BCUT2D eigenvalue weighted by atomic mass is 16.1. The van der Waals surface area contributed by atoms with Crippen LogP contribution in [0.1, 0.15) is 53.8 Å². The lowest BCUT2D eigenvalue weighted by Gasteiger charge is -2.04. The molecule has 5 nitrogen and oxygen atoms in total. The van der Waals surface area contributed by atoms with Gasteiger partial charge in [0.15, 0.2) is 5.78 Å². The van der Waals surface area contributed by atoms with Crippen LogP contribution in [-0.2, 0) is 4.79 Å². The number of hydrogen-bond donors (Lipinski definition) is 1. The first-order chi connectivity index (χ1) is 12.6. The van der Waals surface area contributed by atoms with Gasteiger partial charge in [-0.15, -0.1) is 0 Å². The second-order valence-electron chi connectivity index (χ2n) is 6.17. The minimum Gasteiger partial charge on any atom is -0.351 e. The van der Waals surface area contributed by atoms with E-state index in [-0.39, 0.29) is 11.7 Å². The van der Waals surface area contributed by atoms with Crippen LogP contribution >= 0.6 is 0 Å². The molecule has 2 aromatic heterocycles. The summed E-state index contributed by atoms with van der Waals surface area (Å²) in [6.45, 7) is 2.56. The molecule has 136 valence electrons. The van der Waals surface area contributed by atoms with E-state index in [4.69, 9.17) is 0 Å². The smallest absolute Gasteiger partial charge is 0.269 e. The summed E-state index contributed by atoms with van der Waals surface area (Å²) < 4.78 is 0. The van der Waals surface area contributed by atoms with Crippen molar-refractivity contribution in [2.75, 3.05) is 6.54 Å². The molecule has 0 spiro atoms. The molecule has 2 rings (SSSR count). The lowest BCUT2D eigenvalue weighted by Crippen LogP contribution is -2.25. The van der Waals surface area contributed by atoms with E-state index in [1.165, 1.54) is 0 Å². The fourth-order valence-electron chi connectivity index (χ4n) is 2.51.